The van der Waals surface area contributed by atoms with Crippen molar-refractivity contribution >= 4 is 19.8 Å². The van der Waals surface area contributed by atoms with E-state index in [1.54, 1.807) is 6.08 Å². The Morgan fingerprint density at radius 1 is 0.585 bits per heavy atom. The molecule has 0 radical (unpaired) electrons. The van der Waals surface area contributed by atoms with Gasteiger partial charge in [-0.25, -0.2) is 4.57 Å². The Balaban J connectivity index is 4.18. The fourth-order valence-corrected chi connectivity index (χ4v) is 5.29. The molecule has 302 valence electrons. The topological polar surface area (TPSA) is 140 Å². The van der Waals surface area contributed by atoms with Gasteiger partial charge in [0.05, 0.1) is 12.7 Å². The van der Waals surface area contributed by atoms with E-state index in [-0.39, 0.29) is 19.4 Å². The van der Waals surface area contributed by atoms with Gasteiger partial charge < -0.3 is 24.4 Å². The molecule has 0 aliphatic rings. The SMILES string of the molecule is CCCCC/C=C\C/C=C\C/C=C\CCCCCCC(=O)OC[C@H](COP(=O)(O)O)OC(=O)CCC/C=C\C/C=C\C=C\[C@@H](O)C/C=C\CCCCC. The summed E-state index contributed by atoms with van der Waals surface area (Å²) in [7, 11) is -4.79. The van der Waals surface area contributed by atoms with Crippen molar-refractivity contribution in [1.82, 2.24) is 0 Å². The van der Waals surface area contributed by atoms with Crippen LogP contribution in [0.2, 0.25) is 0 Å². The first kappa shape index (κ1) is 50.2. The van der Waals surface area contributed by atoms with Crippen LogP contribution in [-0.2, 0) is 28.2 Å². The Labute approximate surface area is 321 Å². The molecule has 0 aliphatic heterocycles. The zero-order valence-electron chi connectivity index (χ0n) is 32.7. The van der Waals surface area contributed by atoms with Crippen LogP contribution in [0.5, 0.6) is 0 Å². The molecule has 0 unspecified atom stereocenters. The third-order valence-electron chi connectivity index (χ3n) is 7.97. The lowest BCUT2D eigenvalue weighted by molar-refractivity contribution is -0.161. The molecule has 0 saturated carbocycles. The number of phosphoric ester groups is 1. The van der Waals surface area contributed by atoms with Gasteiger partial charge in [0.25, 0.3) is 0 Å². The van der Waals surface area contributed by atoms with Crippen molar-refractivity contribution in [3.05, 3.63) is 85.1 Å². The van der Waals surface area contributed by atoms with Crippen LogP contribution in [0.15, 0.2) is 85.1 Å². The molecule has 0 aromatic rings. The van der Waals surface area contributed by atoms with Crippen molar-refractivity contribution in [3.63, 3.8) is 0 Å². The third-order valence-corrected chi connectivity index (χ3v) is 8.45. The lowest BCUT2D eigenvalue weighted by Gasteiger charge is -2.18. The van der Waals surface area contributed by atoms with Gasteiger partial charge in [-0.1, -0.05) is 137 Å². The molecule has 0 fully saturated rings. The highest BCUT2D eigenvalue weighted by Crippen LogP contribution is 2.36. The number of rotatable bonds is 35. The van der Waals surface area contributed by atoms with Crippen molar-refractivity contribution in [2.24, 2.45) is 0 Å². The third kappa shape index (κ3) is 40.2. The van der Waals surface area contributed by atoms with Crippen molar-refractivity contribution < 1.29 is 43.0 Å². The van der Waals surface area contributed by atoms with E-state index in [0.717, 1.165) is 44.9 Å². The second-order valence-electron chi connectivity index (χ2n) is 13.1. The van der Waals surface area contributed by atoms with Crippen LogP contribution >= 0.6 is 7.82 Å². The number of hydrogen-bond donors (Lipinski definition) is 3. The largest absolute Gasteiger partial charge is 0.469 e. The van der Waals surface area contributed by atoms with Crippen LogP contribution in [0.4, 0.5) is 0 Å². The molecular weight excluding hydrogens is 691 g/mol. The van der Waals surface area contributed by atoms with Gasteiger partial charge in [0.1, 0.15) is 6.61 Å². The highest BCUT2D eigenvalue weighted by atomic mass is 31.2. The molecule has 53 heavy (non-hydrogen) atoms. The predicted molar refractivity (Wildman–Crippen MR) is 217 cm³/mol. The van der Waals surface area contributed by atoms with Crippen molar-refractivity contribution in [2.75, 3.05) is 13.2 Å². The average molecular weight is 763 g/mol. The minimum atomic E-state index is -4.79. The summed E-state index contributed by atoms with van der Waals surface area (Å²) >= 11 is 0. The zero-order valence-corrected chi connectivity index (χ0v) is 33.6. The van der Waals surface area contributed by atoms with E-state index in [4.69, 9.17) is 19.3 Å². The maximum absolute atomic E-state index is 12.4. The smallest absolute Gasteiger partial charge is 0.462 e. The number of hydrogen-bond acceptors (Lipinski definition) is 7. The molecule has 9 nitrogen and oxygen atoms in total. The summed E-state index contributed by atoms with van der Waals surface area (Å²) < 4.78 is 26.2. The highest BCUT2D eigenvalue weighted by Gasteiger charge is 2.22. The molecule has 0 saturated heterocycles. The molecule has 0 rings (SSSR count). The summed E-state index contributed by atoms with van der Waals surface area (Å²) in [6.45, 7) is 3.47. The van der Waals surface area contributed by atoms with E-state index >= 15 is 0 Å². The molecule has 0 aromatic heterocycles. The van der Waals surface area contributed by atoms with Crippen LogP contribution in [0.1, 0.15) is 149 Å². The Morgan fingerprint density at radius 2 is 1.09 bits per heavy atom. The summed E-state index contributed by atoms with van der Waals surface area (Å²) in [4.78, 5) is 42.8. The maximum Gasteiger partial charge on any atom is 0.469 e. The summed E-state index contributed by atoms with van der Waals surface area (Å²) in [5, 5.41) is 9.99. The second-order valence-corrected chi connectivity index (χ2v) is 14.3. The molecule has 0 amide bonds. The van der Waals surface area contributed by atoms with Gasteiger partial charge in [-0.3, -0.25) is 14.1 Å². The minimum absolute atomic E-state index is 0.0942. The number of unbranched alkanes of at least 4 members (excludes halogenated alkanes) is 11. The van der Waals surface area contributed by atoms with Crippen LogP contribution in [0.3, 0.4) is 0 Å². The summed E-state index contributed by atoms with van der Waals surface area (Å²) in [6, 6.07) is 0. The standard InChI is InChI=1S/C43H71O9P/c1-3-5-7-9-11-12-13-14-15-16-17-18-19-20-24-28-32-36-42(45)50-38-41(39-51-53(47,48)49)52-43(46)37-33-29-25-22-21-23-27-31-35-40(44)34-30-26-10-8-6-4-2/h11-12,14-15,17-18,22-23,25-27,30-31,35,40-41,44H,3-10,13,16,19-21,24,28-29,32-34,36-39H2,1-2H3,(H2,47,48,49)/b12-11-,15-14-,18-17-,25-22-,27-23-,30-26-,35-31+/t40-,41+/m0/s1. The van der Waals surface area contributed by atoms with Crippen molar-refractivity contribution in [3.8, 4) is 0 Å². The van der Waals surface area contributed by atoms with Crippen LogP contribution in [0, 0.1) is 0 Å². The Bertz CT molecular complexity index is 1150. The van der Waals surface area contributed by atoms with E-state index in [2.05, 4.69) is 60.9 Å². The number of aliphatic hydroxyl groups excluding tert-OH is 1. The van der Waals surface area contributed by atoms with Crippen LogP contribution in [-0.4, -0.2) is 52.3 Å². The molecule has 3 N–H and O–H groups in total. The number of carbonyl (C=O) groups is 2. The Morgan fingerprint density at radius 3 is 1.70 bits per heavy atom. The van der Waals surface area contributed by atoms with Crippen LogP contribution < -0.4 is 0 Å². The lowest BCUT2D eigenvalue weighted by Crippen LogP contribution is -2.29. The van der Waals surface area contributed by atoms with Crippen molar-refractivity contribution in [1.29, 1.82) is 0 Å². The molecule has 0 spiro atoms. The molecule has 0 aliphatic carbocycles. The number of ether oxygens (including phenoxy) is 2. The monoisotopic (exact) mass is 762 g/mol. The number of aliphatic hydroxyl groups is 1. The number of phosphoric acid groups is 1. The Kier molecular flexibility index (Phi) is 35.5. The predicted octanol–water partition coefficient (Wildman–Crippen LogP) is 11.0. The second kappa shape index (κ2) is 37.5. The molecule has 0 aromatic carbocycles. The average Bonchev–Trinajstić information content (AvgIpc) is 3.12. The molecular formula is C43H71O9P. The zero-order chi connectivity index (χ0) is 39.1. The first-order chi connectivity index (χ1) is 25.7. The number of allylic oxidation sites excluding steroid dienone is 12. The number of esters is 2. The van der Waals surface area contributed by atoms with Gasteiger partial charge in [0.15, 0.2) is 6.10 Å². The summed E-state index contributed by atoms with van der Waals surface area (Å²) in [5.41, 5.74) is 0. The summed E-state index contributed by atoms with van der Waals surface area (Å²) in [6.07, 6.45) is 46.2. The highest BCUT2D eigenvalue weighted by molar-refractivity contribution is 7.46. The van der Waals surface area contributed by atoms with Gasteiger partial charge in [-0.05, 0) is 83.5 Å². The van der Waals surface area contributed by atoms with Gasteiger partial charge in [-0.2, -0.15) is 0 Å². The first-order valence-electron chi connectivity index (χ1n) is 20.0. The maximum atomic E-state index is 12.4. The van der Waals surface area contributed by atoms with E-state index in [9.17, 15) is 19.3 Å². The van der Waals surface area contributed by atoms with Gasteiger partial charge in [0.2, 0.25) is 0 Å². The van der Waals surface area contributed by atoms with E-state index in [0.29, 0.717) is 32.1 Å². The fraction of sp³-hybridized carbons (Fsp3) is 0.628. The molecule has 0 bridgehead atoms. The fourth-order valence-electron chi connectivity index (χ4n) is 4.92. The van der Waals surface area contributed by atoms with Gasteiger partial charge in [0, 0.05) is 12.8 Å². The van der Waals surface area contributed by atoms with Crippen LogP contribution in [0.25, 0.3) is 0 Å². The molecule has 2 atom stereocenters. The van der Waals surface area contributed by atoms with E-state index in [1.165, 1.54) is 44.9 Å². The van der Waals surface area contributed by atoms with Gasteiger partial charge in [-0.15, -0.1) is 0 Å². The van der Waals surface area contributed by atoms with E-state index in [1.807, 2.05) is 36.5 Å². The Hall–Kier alpha value is -2.81. The van der Waals surface area contributed by atoms with Crippen molar-refractivity contribution in [2.45, 2.75) is 161 Å². The van der Waals surface area contributed by atoms with E-state index < -0.39 is 38.6 Å². The molecule has 0 heterocycles. The van der Waals surface area contributed by atoms with Gasteiger partial charge >= 0.3 is 19.8 Å². The minimum Gasteiger partial charge on any atom is -0.462 e. The number of carbonyl (C=O) groups excluding carboxylic acids is 2. The lowest BCUT2D eigenvalue weighted by atomic mass is 10.1. The quantitative estimate of drug-likeness (QED) is 0.0189. The normalized spacial score (nSPS) is 14.0. The summed E-state index contributed by atoms with van der Waals surface area (Å²) in [5.74, 6) is -1.02. The molecule has 10 heteroatoms. The first-order valence-corrected chi connectivity index (χ1v) is 21.5.